The highest BCUT2D eigenvalue weighted by molar-refractivity contribution is 6.30. The molecule has 0 aromatic heterocycles. The molecule has 0 aliphatic heterocycles. The zero-order valence-electron chi connectivity index (χ0n) is 11.1. The predicted octanol–water partition coefficient (Wildman–Crippen LogP) is 3.60. The molecule has 0 amide bonds. The largest absolute Gasteiger partial charge is 0.497 e. The molecule has 3 N–H and O–H groups in total. The SMILES string of the molecule is COc1cccc(NC(CN)c2ccc(Cl)c(F)c2)c1. The van der Waals surface area contributed by atoms with Crippen molar-refractivity contribution in [3.8, 4) is 5.75 Å². The summed E-state index contributed by atoms with van der Waals surface area (Å²) in [6, 6.07) is 12.0. The van der Waals surface area contributed by atoms with Gasteiger partial charge in [0.2, 0.25) is 0 Å². The second-order valence-electron chi connectivity index (χ2n) is 4.34. The molecule has 0 heterocycles. The van der Waals surface area contributed by atoms with Gasteiger partial charge < -0.3 is 15.8 Å². The van der Waals surface area contributed by atoms with Gasteiger partial charge in [-0.15, -0.1) is 0 Å². The fraction of sp³-hybridized carbons (Fsp3) is 0.200. The number of benzene rings is 2. The molecular formula is C15H16ClFN2O. The third-order valence-corrected chi connectivity index (χ3v) is 3.30. The molecule has 1 atom stereocenters. The van der Waals surface area contributed by atoms with Gasteiger partial charge in [-0.25, -0.2) is 4.39 Å². The molecule has 0 saturated carbocycles. The first-order valence-electron chi connectivity index (χ1n) is 6.19. The van der Waals surface area contributed by atoms with E-state index < -0.39 is 5.82 Å². The van der Waals surface area contributed by atoms with E-state index in [0.29, 0.717) is 6.54 Å². The van der Waals surface area contributed by atoms with Crippen LogP contribution in [0.3, 0.4) is 0 Å². The summed E-state index contributed by atoms with van der Waals surface area (Å²) in [4.78, 5) is 0. The monoisotopic (exact) mass is 294 g/mol. The van der Waals surface area contributed by atoms with E-state index in [0.717, 1.165) is 17.0 Å². The molecule has 3 nitrogen and oxygen atoms in total. The molecule has 5 heteroatoms. The lowest BCUT2D eigenvalue weighted by molar-refractivity contribution is 0.415. The smallest absolute Gasteiger partial charge is 0.142 e. The molecule has 0 bridgehead atoms. The normalized spacial score (nSPS) is 12.0. The number of nitrogens with one attached hydrogen (secondary N) is 1. The van der Waals surface area contributed by atoms with Crippen molar-refractivity contribution in [3.63, 3.8) is 0 Å². The maximum atomic E-state index is 13.5. The number of halogens is 2. The highest BCUT2D eigenvalue weighted by Gasteiger charge is 2.12. The summed E-state index contributed by atoms with van der Waals surface area (Å²) in [5.41, 5.74) is 7.37. The summed E-state index contributed by atoms with van der Waals surface area (Å²) >= 11 is 5.69. The molecule has 20 heavy (non-hydrogen) atoms. The van der Waals surface area contributed by atoms with Crippen molar-refractivity contribution in [1.29, 1.82) is 0 Å². The van der Waals surface area contributed by atoms with Gasteiger partial charge in [-0.3, -0.25) is 0 Å². The van der Waals surface area contributed by atoms with Gasteiger partial charge in [0.1, 0.15) is 11.6 Å². The maximum absolute atomic E-state index is 13.5. The molecule has 0 spiro atoms. The first-order chi connectivity index (χ1) is 9.63. The average Bonchev–Trinajstić information content (AvgIpc) is 2.48. The van der Waals surface area contributed by atoms with Gasteiger partial charge in [-0.05, 0) is 29.8 Å². The van der Waals surface area contributed by atoms with Crippen molar-refractivity contribution in [3.05, 3.63) is 58.9 Å². The second-order valence-corrected chi connectivity index (χ2v) is 4.75. The molecular weight excluding hydrogens is 279 g/mol. The van der Waals surface area contributed by atoms with Crippen molar-refractivity contribution in [2.24, 2.45) is 5.73 Å². The lowest BCUT2D eigenvalue weighted by atomic mass is 10.1. The zero-order valence-corrected chi connectivity index (χ0v) is 11.8. The lowest BCUT2D eigenvalue weighted by Crippen LogP contribution is -2.20. The summed E-state index contributed by atoms with van der Waals surface area (Å²) in [7, 11) is 1.61. The molecule has 2 aromatic rings. The lowest BCUT2D eigenvalue weighted by Gasteiger charge is -2.19. The van der Waals surface area contributed by atoms with Crippen LogP contribution in [0, 0.1) is 5.82 Å². The van der Waals surface area contributed by atoms with Gasteiger partial charge in [0.25, 0.3) is 0 Å². The van der Waals surface area contributed by atoms with Gasteiger partial charge in [0.05, 0.1) is 18.2 Å². The first kappa shape index (κ1) is 14.6. The van der Waals surface area contributed by atoms with Crippen molar-refractivity contribution in [2.45, 2.75) is 6.04 Å². The first-order valence-corrected chi connectivity index (χ1v) is 6.57. The fourth-order valence-electron chi connectivity index (χ4n) is 1.92. The van der Waals surface area contributed by atoms with Gasteiger partial charge >= 0.3 is 0 Å². The Morgan fingerprint density at radius 3 is 2.75 bits per heavy atom. The van der Waals surface area contributed by atoms with Gasteiger partial charge in [0, 0.05) is 18.3 Å². The molecule has 0 aliphatic rings. The quantitative estimate of drug-likeness (QED) is 0.886. The maximum Gasteiger partial charge on any atom is 0.142 e. The molecule has 0 fully saturated rings. The third-order valence-electron chi connectivity index (χ3n) is 2.99. The van der Waals surface area contributed by atoms with Crippen LogP contribution in [-0.2, 0) is 0 Å². The van der Waals surface area contributed by atoms with Crippen LogP contribution in [0.25, 0.3) is 0 Å². The molecule has 2 rings (SSSR count). The second kappa shape index (κ2) is 6.59. The minimum atomic E-state index is -0.449. The number of methoxy groups -OCH3 is 1. The number of rotatable bonds is 5. The molecule has 0 aliphatic carbocycles. The van der Waals surface area contributed by atoms with E-state index in [9.17, 15) is 4.39 Å². The van der Waals surface area contributed by atoms with Crippen LogP contribution in [0.15, 0.2) is 42.5 Å². The Hall–Kier alpha value is -1.78. The predicted molar refractivity (Wildman–Crippen MR) is 79.8 cm³/mol. The molecule has 0 saturated heterocycles. The minimum absolute atomic E-state index is 0.103. The Morgan fingerprint density at radius 1 is 1.30 bits per heavy atom. The Morgan fingerprint density at radius 2 is 2.10 bits per heavy atom. The molecule has 106 valence electrons. The minimum Gasteiger partial charge on any atom is -0.497 e. The van der Waals surface area contributed by atoms with Crippen molar-refractivity contribution >= 4 is 17.3 Å². The van der Waals surface area contributed by atoms with Crippen LogP contribution in [0.1, 0.15) is 11.6 Å². The number of hydrogen-bond donors (Lipinski definition) is 2. The van der Waals surface area contributed by atoms with Crippen LogP contribution < -0.4 is 15.8 Å². The Bertz CT molecular complexity index is 592. The van der Waals surface area contributed by atoms with Crippen molar-refractivity contribution in [1.82, 2.24) is 0 Å². The highest BCUT2D eigenvalue weighted by atomic mass is 35.5. The molecule has 1 unspecified atom stereocenters. The molecule has 2 aromatic carbocycles. The van der Waals surface area contributed by atoms with E-state index >= 15 is 0 Å². The van der Waals surface area contributed by atoms with E-state index in [2.05, 4.69) is 5.32 Å². The summed E-state index contributed by atoms with van der Waals surface area (Å²) < 4.78 is 18.7. The van der Waals surface area contributed by atoms with Crippen LogP contribution in [0.4, 0.5) is 10.1 Å². The number of nitrogens with two attached hydrogens (primary N) is 1. The van der Waals surface area contributed by atoms with Crippen LogP contribution in [0.2, 0.25) is 5.02 Å². The van der Waals surface area contributed by atoms with Crippen molar-refractivity contribution < 1.29 is 9.13 Å². The van der Waals surface area contributed by atoms with E-state index in [1.807, 2.05) is 24.3 Å². The van der Waals surface area contributed by atoms with Gasteiger partial charge in [0.15, 0.2) is 0 Å². The summed E-state index contributed by atoms with van der Waals surface area (Å²) in [5, 5.41) is 3.35. The van der Waals surface area contributed by atoms with E-state index in [4.69, 9.17) is 22.1 Å². The summed E-state index contributed by atoms with van der Waals surface area (Å²) in [6.45, 7) is 0.332. The van der Waals surface area contributed by atoms with Crippen molar-refractivity contribution in [2.75, 3.05) is 19.0 Å². The van der Waals surface area contributed by atoms with E-state index in [1.54, 1.807) is 13.2 Å². The number of hydrogen-bond acceptors (Lipinski definition) is 3. The van der Waals surface area contributed by atoms with Crippen LogP contribution in [0.5, 0.6) is 5.75 Å². The Labute approximate surface area is 122 Å². The standard InChI is InChI=1S/C15H16ClFN2O/c1-20-12-4-2-3-11(8-12)19-15(9-18)10-5-6-13(16)14(17)7-10/h2-8,15,19H,9,18H2,1H3. The summed E-state index contributed by atoms with van der Waals surface area (Å²) in [5.74, 6) is 0.295. The van der Waals surface area contributed by atoms with E-state index in [1.165, 1.54) is 12.1 Å². The zero-order chi connectivity index (χ0) is 14.5. The van der Waals surface area contributed by atoms with Crippen LogP contribution >= 0.6 is 11.6 Å². The number of ether oxygens (including phenoxy) is 1. The summed E-state index contributed by atoms with van der Waals surface area (Å²) in [6.07, 6.45) is 0. The fourth-order valence-corrected chi connectivity index (χ4v) is 2.04. The van der Waals surface area contributed by atoms with Gasteiger partial charge in [-0.1, -0.05) is 23.7 Å². The highest BCUT2D eigenvalue weighted by Crippen LogP contribution is 2.24. The Balaban J connectivity index is 2.21. The Kier molecular flexibility index (Phi) is 4.82. The average molecular weight is 295 g/mol. The third kappa shape index (κ3) is 3.40. The molecule has 0 radical (unpaired) electrons. The van der Waals surface area contributed by atoms with Gasteiger partial charge in [-0.2, -0.15) is 0 Å². The number of anilines is 1. The topological polar surface area (TPSA) is 47.3 Å². The van der Waals surface area contributed by atoms with Crippen LogP contribution in [-0.4, -0.2) is 13.7 Å². The van der Waals surface area contributed by atoms with E-state index in [-0.39, 0.29) is 11.1 Å².